The maximum Gasteiger partial charge on any atom is 0.410 e. The van der Waals surface area contributed by atoms with E-state index in [2.05, 4.69) is 9.97 Å². The number of hydrogen-bond donors (Lipinski definition) is 0. The lowest BCUT2D eigenvalue weighted by Crippen LogP contribution is -2.51. The Morgan fingerprint density at radius 2 is 1.67 bits per heavy atom. The summed E-state index contributed by atoms with van der Waals surface area (Å²) in [6.45, 7) is 6.97. The fourth-order valence-electron chi connectivity index (χ4n) is 2.72. The zero-order chi connectivity index (χ0) is 19.8. The Bertz CT molecular complexity index is 890. The number of rotatable bonds is 1. The van der Waals surface area contributed by atoms with E-state index in [0.29, 0.717) is 42.1 Å². The Morgan fingerprint density at radius 1 is 1.04 bits per heavy atom. The van der Waals surface area contributed by atoms with Crippen molar-refractivity contribution in [3.05, 3.63) is 34.2 Å². The van der Waals surface area contributed by atoms with Crippen LogP contribution in [0.25, 0.3) is 10.9 Å². The maximum absolute atomic E-state index is 12.7. The number of ether oxygens (including phenoxy) is 1. The van der Waals surface area contributed by atoms with E-state index in [4.69, 9.17) is 27.9 Å². The Kier molecular flexibility index (Phi) is 5.44. The van der Waals surface area contributed by atoms with Gasteiger partial charge >= 0.3 is 6.09 Å². The van der Waals surface area contributed by atoms with Gasteiger partial charge in [0.05, 0.1) is 5.52 Å². The van der Waals surface area contributed by atoms with Gasteiger partial charge in [-0.2, -0.15) is 0 Å². The Balaban J connectivity index is 1.70. The number of benzene rings is 1. The van der Waals surface area contributed by atoms with Gasteiger partial charge in [-0.3, -0.25) is 4.79 Å². The van der Waals surface area contributed by atoms with Crippen molar-refractivity contribution in [1.29, 1.82) is 0 Å². The zero-order valence-electron chi connectivity index (χ0n) is 15.3. The molecule has 1 saturated heterocycles. The monoisotopic (exact) mass is 410 g/mol. The molecule has 2 amide bonds. The molecule has 0 aliphatic carbocycles. The topological polar surface area (TPSA) is 75.6 Å². The lowest BCUT2D eigenvalue weighted by atomic mass is 10.2. The molecule has 9 heteroatoms. The van der Waals surface area contributed by atoms with Crippen molar-refractivity contribution >= 4 is 46.1 Å². The number of hydrogen-bond acceptors (Lipinski definition) is 5. The molecule has 2 aromatic rings. The fourth-order valence-corrected chi connectivity index (χ4v) is 3.12. The first kappa shape index (κ1) is 19.6. The molecular formula is C18H20Cl2N4O3. The van der Waals surface area contributed by atoms with Crippen LogP contribution in [0.5, 0.6) is 0 Å². The van der Waals surface area contributed by atoms with Crippen LogP contribution in [0.15, 0.2) is 18.2 Å². The Labute approximate surface area is 167 Å². The van der Waals surface area contributed by atoms with Gasteiger partial charge in [-0.15, -0.1) is 0 Å². The Morgan fingerprint density at radius 3 is 2.30 bits per heavy atom. The number of carbonyl (C=O) groups excluding carboxylic acids is 2. The summed E-state index contributed by atoms with van der Waals surface area (Å²) in [6, 6.07) is 5.04. The lowest BCUT2D eigenvalue weighted by molar-refractivity contribution is 0.0139. The Hall–Kier alpha value is -2.12. The largest absolute Gasteiger partial charge is 0.444 e. The third-order valence-corrected chi connectivity index (χ3v) is 4.54. The molecule has 1 aliphatic rings. The number of carbonyl (C=O) groups is 2. The molecule has 1 aromatic heterocycles. The minimum absolute atomic E-state index is 0.0283. The van der Waals surface area contributed by atoms with Gasteiger partial charge < -0.3 is 14.5 Å². The molecule has 3 rings (SSSR count). The normalized spacial score (nSPS) is 15.1. The molecule has 1 aliphatic heterocycles. The van der Waals surface area contributed by atoms with E-state index in [1.165, 1.54) is 0 Å². The minimum Gasteiger partial charge on any atom is -0.444 e. The number of piperazine rings is 1. The maximum atomic E-state index is 12.7. The highest BCUT2D eigenvalue weighted by atomic mass is 35.5. The molecule has 0 saturated carbocycles. The molecule has 1 fully saturated rings. The van der Waals surface area contributed by atoms with Gasteiger partial charge in [0.2, 0.25) is 5.82 Å². The summed E-state index contributed by atoms with van der Waals surface area (Å²) in [6.07, 6.45) is -0.378. The number of amides is 2. The molecular weight excluding hydrogens is 391 g/mol. The van der Waals surface area contributed by atoms with Crippen molar-refractivity contribution < 1.29 is 14.3 Å². The quantitative estimate of drug-likeness (QED) is 0.670. The summed E-state index contributed by atoms with van der Waals surface area (Å²) in [5, 5.41) is 1.29. The molecule has 27 heavy (non-hydrogen) atoms. The highest BCUT2D eigenvalue weighted by Gasteiger charge is 2.29. The van der Waals surface area contributed by atoms with Gasteiger partial charge in [-0.25, -0.2) is 14.8 Å². The van der Waals surface area contributed by atoms with Gasteiger partial charge in [-0.05, 0) is 39.0 Å². The number of nitrogens with zero attached hydrogens (tertiary/aromatic N) is 4. The first-order valence-corrected chi connectivity index (χ1v) is 9.29. The van der Waals surface area contributed by atoms with Gasteiger partial charge in [-0.1, -0.05) is 23.2 Å². The van der Waals surface area contributed by atoms with Crippen molar-refractivity contribution in [3.63, 3.8) is 0 Å². The van der Waals surface area contributed by atoms with Gasteiger partial charge in [0.25, 0.3) is 5.91 Å². The smallest absolute Gasteiger partial charge is 0.410 e. The number of fused-ring (bicyclic) bond motifs is 1. The SMILES string of the molecule is CC(C)(C)OC(=O)N1CCN(C(=O)c2nc(Cl)c3cc(Cl)ccc3n2)CC1. The second kappa shape index (κ2) is 7.48. The molecule has 7 nitrogen and oxygen atoms in total. The van der Waals surface area contributed by atoms with Crippen molar-refractivity contribution in [3.8, 4) is 0 Å². The molecule has 1 aromatic carbocycles. The van der Waals surface area contributed by atoms with Crippen LogP contribution in [-0.2, 0) is 4.74 Å². The van der Waals surface area contributed by atoms with E-state index in [0.717, 1.165) is 0 Å². The average molecular weight is 411 g/mol. The fraction of sp³-hybridized carbons (Fsp3) is 0.444. The van der Waals surface area contributed by atoms with Crippen molar-refractivity contribution in [2.24, 2.45) is 0 Å². The van der Waals surface area contributed by atoms with E-state index in [1.807, 2.05) is 20.8 Å². The summed E-state index contributed by atoms with van der Waals surface area (Å²) in [5.74, 6) is -0.293. The van der Waals surface area contributed by atoms with Crippen LogP contribution in [0.4, 0.5) is 4.79 Å². The van der Waals surface area contributed by atoms with Crippen molar-refractivity contribution in [2.75, 3.05) is 26.2 Å². The molecule has 0 N–H and O–H groups in total. The van der Waals surface area contributed by atoms with Crippen LogP contribution < -0.4 is 0 Å². The van der Waals surface area contributed by atoms with Crippen LogP contribution in [0, 0.1) is 0 Å². The lowest BCUT2D eigenvalue weighted by Gasteiger charge is -2.35. The summed E-state index contributed by atoms with van der Waals surface area (Å²) in [4.78, 5) is 36.5. The summed E-state index contributed by atoms with van der Waals surface area (Å²) < 4.78 is 5.36. The third-order valence-electron chi connectivity index (χ3n) is 4.02. The molecule has 2 heterocycles. The van der Waals surface area contributed by atoms with Crippen molar-refractivity contribution in [2.45, 2.75) is 26.4 Å². The first-order chi connectivity index (χ1) is 12.6. The first-order valence-electron chi connectivity index (χ1n) is 8.54. The summed E-state index contributed by atoms with van der Waals surface area (Å²) in [5.41, 5.74) is -0.00190. The third kappa shape index (κ3) is 4.59. The van der Waals surface area contributed by atoms with E-state index in [1.54, 1.807) is 28.0 Å². The standard InChI is InChI=1S/C18H20Cl2N4O3/c1-18(2,3)27-17(26)24-8-6-23(7-9-24)16(25)15-21-13-5-4-11(19)10-12(13)14(20)22-15/h4-5,10H,6-9H2,1-3H3. The second-order valence-electron chi connectivity index (χ2n) is 7.26. The molecule has 0 atom stereocenters. The second-order valence-corrected chi connectivity index (χ2v) is 8.05. The molecule has 0 radical (unpaired) electrons. The zero-order valence-corrected chi connectivity index (χ0v) is 16.8. The molecule has 0 spiro atoms. The molecule has 144 valence electrons. The summed E-state index contributed by atoms with van der Waals surface area (Å²) in [7, 11) is 0. The van der Waals surface area contributed by atoms with Crippen LogP contribution in [0.1, 0.15) is 31.4 Å². The van der Waals surface area contributed by atoms with Gasteiger partial charge in [0.15, 0.2) is 0 Å². The summed E-state index contributed by atoms with van der Waals surface area (Å²) >= 11 is 12.2. The highest BCUT2D eigenvalue weighted by molar-refractivity contribution is 6.35. The van der Waals surface area contributed by atoms with Crippen LogP contribution in [0.2, 0.25) is 10.2 Å². The van der Waals surface area contributed by atoms with E-state index in [9.17, 15) is 9.59 Å². The molecule has 0 bridgehead atoms. The van der Waals surface area contributed by atoms with Gasteiger partial charge in [0, 0.05) is 36.6 Å². The number of halogens is 2. The average Bonchev–Trinajstić information content (AvgIpc) is 2.60. The predicted molar refractivity (Wildman–Crippen MR) is 103 cm³/mol. The van der Waals surface area contributed by atoms with E-state index < -0.39 is 5.60 Å². The van der Waals surface area contributed by atoms with Gasteiger partial charge in [0.1, 0.15) is 10.8 Å². The van der Waals surface area contributed by atoms with E-state index in [-0.39, 0.29) is 23.0 Å². The van der Waals surface area contributed by atoms with Crippen LogP contribution >= 0.6 is 23.2 Å². The van der Waals surface area contributed by atoms with Crippen LogP contribution in [0.3, 0.4) is 0 Å². The predicted octanol–water partition coefficient (Wildman–Crippen LogP) is 3.63. The minimum atomic E-state index is -0.553. The number of aromatic nitrogens is 2. The van der Waals surface area contributed by atoms with Crippen molar-refractivity contribution in [1.82, 2.24) is 19.8 Å². The highest BCUT2D eigenvalue weighted by Crippen LogP contribution is 2.24. The molecule has 0 unspecified atom stereocenters. The van der Waals surface area contributed by atoms with E-state index >= 15 is 0 Å². The van der Waals surface area contributed by atoms with Crippen LogP contribution in [-0.4, -0.2) is 63.5 Å².